The van der Waals surface area contributed by atoms with Crippen LogP contribution in [0.2, 0.25) is 0 Å². The minimum atomic E-state index is 0.0199. The highest BCUT2D eigenvalue weighted by Gasteiger charge is 2.13. The van der Waals surface area contributed by atoms with Gasteiger partial charge < -0.3 is 5.73 Å². The molecule has 0 fully saturated rings. The first-order valence-electron chi connectivity index (χ1n) is 5.80. The number of hydrogen-bond acceptors (Lipinski definition) is 3. The van der Waals surface area contributed by atoms with Crippen molar-refractivity contribution in [1.82, 2.24) is 14.3 Å². The molecule has 0 bridgehead atoms. The van der Waals surface area contributed by atoms with E-state index in [9.17, 15) is 4.79 Å². The minimum Gasteiger partial charge on any atom is -0.330 e. The Kier molecular flexibility index (Phi) is 3.02. The van der Waals surface area contributed by atoms with Gasteiger partial charge in [-0.1, -0.05) is 0 Å². The first-order valence-corrected chi connectivity index (χ1v) is 5.80. The number of aromatic nitrogens is 3. The summed E-state index contributed by atoms with van der Waals surface area (Å²) in [5, 5.41) is 5.46. The van der Waals surface area contributed by atoms with Crippen LogP contribution in [-0.4, -0.2) is 20.9 Å². The first kappa shape index (κ1) is 11.9. The maximum absolute atomic E-state index is 12.0. The van der Waals surface area contributed by atoms with Crippen molar-refractivity contribution in [3.8, 4) is 0 Å². The van der Waals surface area contributed by atoms with Gasteiger partial charge in [0, 0.05) is 25.0 Å². The number of nitrogens with two attached hydrogens (primary N) is 1. The molecule has 0 radical (unpaired) electrons. The van der Waals surface area contributed by atoms with Crippen LogP contribution in [0.15, 0.2) is 10.9 Å². The molecule has 2 heterocycles. The van der Waals surface area contributed by atoms with E-state index in [1.807, 2.05) is 20.9 Å². The van der Waals surface area contributed by atoms with Gasteiger partial charge in [-0.15, -0.1) is 0 Å². The highest BCUT2D eigenvalue weighted by atomic mass is 16.1. The van der Waals surface area contributed by atoms with Crippen LogP contribution in [0, 0.1) is 13.8 Å². The molecule has 2 N–H and O–H groups in total. The number of nitrogens with zero attached hydrogens (tertiary/aromatic N) is 3. The highest BCUT2D eigenvalue weighted by Crippen LogP contribution is 2.19. The van der Waals surface area contributed by atoms with Crippen molar-refractivity contribution in [1.29, 1.82) is 0 Å². The van der Waals surface area contributed by atoms with Crippen LogP contribution in [0.1, 0.15) is 17.7 Å². The molecule has 5 heteroatoms. The molecule has 0 atom stereocenters. The Balaban J connectivity index is 2.77. The summed E-state index contributed by atoms with van der Waals surface area (Å²) in [5.74, 6) is 0. The van der Waals surface area contributed by atoms with Gasteiger partial charge in [0.15, 0.2) is 0 Å². The molecule has 0 aromatic carbocycles. The van der Waals surface area contributed by atoms with Crippen molar-refractivity contribution >= 4 is 11.0 Å². The molecule has 0 unspecified atom stereocenters. The summed E-state index contributed by atoms with van der Waals surface area (Å²) in [6.07, 6.45) is 0.794. The van der Waals surface area contributed by atoms with E-state index >= 15 is 0 Å². The standard InChI is InChI=1S/C12H18N4O/c1-8-7-10(17)16(6-4-5-13)12-11(8)9(2)14-15(12)3/h7H,4-6,13H2,1-3H3. The SMILES string of the molecule is Cc1cc(=O)n(CCCN)c2c1c(C)nn2C. The van der Waals surface area contributed by atoms with Crippen molar-refractivity contribution in [3.05, 3.63) is 27.7 Å². The fourth-order valence-electron chi connectivity index (χ4n) is 2.32. The van der Waals surface area contributed by atoms with Crippen molar-refractivity contribution in [3.63, 3.8) is 0 Å². The molecule has 2 aromatic rings. The molecular weight excluding hydrogens is 216 g/mol. The largest absolute Gasteiger partial charge is 0.330 e. The van der Waals surface area contributed by atoms with Gasteiger partial charge in [0.2, 0.25) is 0 Å². The van der Waals surface area contributed by atoms with Crippen molar-refractivity contribution in [2.24, 2.45) is 12.8 Å². The smallest absolute Gasteiger partial charge is 0.252 e. The van der Waals surface area contributed by atoms with Gasteiger partial charge in [0.1, 0.15) is 5.65 Å². The number of hydrogen-bond donors (Lipinski definition) is 1. The second-order valence-corrected chi connectivity index (χ2v) is 4.37. The Hall–Kier alpha value is -1.62. The number of aryl methyl sites for hydroxylation is 4. The average Bonchev–Trinajstić information content (AvgIpc) is 2.54. The summed E-state index contributed by atoms with van der Waals surface area (Å²) in [6.45, 7) is 5.14. The van der Waals surface area contributed by atoms with E-state index in [0.717, 1.165) is 28.7 Å². The molecule has 92 valence electrons. The topological polar surface area (TPSA) is 65.8 Å². The maximum atomic E-state index is 12.0. The molecule has 0 aliphatic carbocycles. The fraction of sp³-hybridized carbons (Fsp3) is 0.500. The average molecular weight is 234 g/mol. The summed E-state index contributed by atoms with van der Waals surface area (Å²) in [7, 11) is 1.87. The van der Waals surface area contributed by atoms with Gasteiger partial charge in [-0.2, -0.15) is 5.10 Å². The first-order chi connectivity index (χ1) is 8.06. The molecule has 0 saturated heterocycles. The molecule has 2 aromatic heterocycles. The van der Waals surface area contributed by atoms with Crippen molar-refractivity contribution in [2.75, 3.05) is 6.54 Å². The number of pyridine rings is 1. The van der Waals surface area contributed by atoms with Gasteiger partial charge in [0.25, 0.3) is 5.56 Å². The zero-order valence-electron chi connectivity index (χ0n) is 10.5. The normalized spacial score (nSPS) is 11.3. The van der Waals surface area contributed by atoms with E-state index in [-0.39, 0.29) is 5.56 Å². The zero-order valence-corrected chi connectivity index (χ0v) is 10.5. The van der Waals surface area contributed by atoms with E-state index < -0.39 is 0 Å². The predicted octanol–water partition coefficient (Wildman–Crippen LogP) is 0.701. The Morgan fingerprint density at radius 1 is 1.41 bits per heavy atom. The number of rotatable bonds is 3. The third kappa shape index (κ3) is 1.86. The third-order valence-electron chi connectivity index (χ3n) is 3.03. The van der Waals surface area contributed by atoms with Gasteiger partial charge in [-0.3, -0.25) is 14.0 Å². The van der Waals surface area contributed by atoms with Crippen LogP contribution < -0.4 is 11.3 Å². The fourth-order valence-corrected chi connectivity index (χ4v) is 2.32. The molecule has 0 saturated carbocycles. The molecule has 0 aliphatic heterocycles. The summed E-state index contributed by atoms with van der Waals surface area (Å²) >= 11 is 0. The zero-order chi connectivity index (χ0) is 12.6. The minimum absolute atomic E-state index is 0.0199. The Morgan fingerprint density at radius 2 is 2.12 bits per heavy atom. The summed E-state index contributed by atoms with van der Waals surface area (Å²) < 4.78 is 3.53. The van der Waals surface area contributed by atoms with Crippen LogP contribution in [0.5, 0.6) is 0 Å². The second kappa shape index (κ2) is 4.33. The van der Waals surface area contributed by atoms with Crippen molar-refractivity contribution in [2.45, 2.75) is 26.8 Å². The lowest BCUT2D eigenvalue weighted by atomic mass is 10.1. The second-order valence-electron chi connectivity index (χ2n) is 4.37. The van der Waals surface area contributed by atoms with Crippen LogP contribution in [-0.2, 0) is 13.6 Å². The van der Waals surface area contributed by atoms with Gasteiger partial charge >= 0.3 is 0 Å². The number of fused-ring (bicyclic) bond motifs is 1. The van der Waals surface area contributed by atoms with Crippen LogP contribution in [0.4, 0.5) is 0 Å². The van der Waals surface area contributed by atoms with Gasteiger partial charge in [-0.25, -0.2) is 0 Å². The van der Waals surface area contributed by atoms with Crippen LogP contribution in [0.25, 0.3) is 11.0 Å². The third-order valence-corrected chi connectivity index (χ3v) is 3.03. The lowest BCUT2D eigenvalue weighted by Gasteiger charge is -2.09. The van der Waals surface area contributed by atoms with Gasteiger partial charge in [-0.05, 0) is 32.4 Å². The van der Waals surface area contributed by atoms with E-state index in [1.165, 1.54) is 0 Å². The van der Waals surface area contributed by atoms with E-state index in [0.29, 0.717) is 13.1 Å². The summed E-state index contributed by atoms with van der Waals surface area (Å²) in [6, 6.07) is 1.67. The molecule has 0 spiro atoms. The molecular formula is C12H18N4O. The predicted molar refractivity (Wildman–Crippen MR) is 68.1 cm³/mol. The molecule has 0 amide bonds. The quantitative estimate of drug-likeness (QED) is 0.850. The van der Waals surface area contributed by atoms with E-state index in [4.69, 9.17) is 5.73 Å². The van der Waals surface area contributed by atoms with Crippen molar-refractivity contribution < 1.29 is 0 Å². The molecule has 2 rings (SSSR count). The van der Waals surface area contributed by atoms with E-state index in [2.05, 4.69) is 5.10 Å². The molecule has 5 nitrogen and oxygen atoms in total. The Morgan fingerprint density at radius 3 is 2.76 bits per heavy atom. The highest BCUT2D eigenvalue weighted by molar-refractivity contribution is 5.82. The lowest BCUT2D eigenvalue weighted by molar-refractivity contribution is 0.625. The lowest BCUT2D eigenvalue weighted by Crippen LogP contribution is -2.23. The monoisotopic (exact) mass is 234 g/mol. The van der Waals surface area contributed by atoms with Crippen LogP contribution in [0.3, 0.4) is 0 Å². The molecule has 17 heavy (non-hydrogen) atoms. The van der Waals surface area contributed by atoms with Gasteiger partial charge in [0.05, 0.1) is 5.69 Å². The summed E-state index contributed by atoms with van der Waals surface area (Å²) in [5.41, 5.74) is 8.36. The Labute approximate surface area is 99.8 Å². The summed E-state index contributed by atoms with van der Waals surface area (Å²) in [4.78, 5) is 12.0. The maximum Gasteiger partial charge on any atom is 0.252 e. The van der Waals surface area contributed by atoms with E-state index in [1.54, 1.807) is 15.3 Å². The molecule has 0 aliphatic rings. The van der Waals surface area contributed by atoms with Crippen LogP contribution >= 0.6 is 0 Å². The Bertz CT molecular complexity index is 609.